The predicted molar refractivity (Wildman–Crippen MR) is 87.9 cm³/mol. The molecule has 1 aliphatic heterocycles. The lowest BCUT2D eigenvalue weighted by molar-refractivity contribution is 0.478. The van der Waals surface area contributed by atoms with Crippen molar-refractivity contribution in [2.24, 2.45) is 0 Å². The number of aromatic nitrogens is 4. The summed E-state index contributed by atoms with van der Waals surface area (Å²) in [6, 6.07) is 2.70. The Morgan fingerprint density at radius 3 is 2.95 bits per heavy atom. The molecule has 1 fully saturated rings. The summed E-state index contributed by atoms with van der Waals surface area (Å²) in [5.74, 6) is 1.70. The van der Waals surface area contributed by atoms with E-state index in [9.17, 15) is 0 Å². The number of nitrogens with one attached hydrogen (secondary N) is 2. The van der Waals surface area contributed by atoms with Crippen LogP contribution in [0.15, 0.2) is 18.5 Å². The van der Waals surface area contributed by atoms with Gasteiger partial charge in [-0.25, -0.2) is 15.0 Å². The summed E-state index contributed by atoms with van der Waals surface area (Å²) in [5, 5.41) is 6.83. The molecule has 0 aliphatic carbocycles. The van der Waals surface area contributed by atoms with E-state index in [0.29, 0.717) is 18.0 Å². The van der Waals surface area contributed by atoms with Crippen LogP contribution in [-0.2, 0) is 0 Å². The zero-order valence-corrected chi connectivity index (χ0v) is 13.5. The van der Waals surface area contributed by atoms with Gasteiger partial charge in [0.25, 0.3) is 0 Å². The van der Waals surface area contributed by atoms with Crippen LogP contribution in [0.3, 0.4) is 0 Å². The molecule has 0 saturated carbocycles. The van der Waals surface area contributed by atoms with Gasteiger partial charge in [-0.3, -0.25) is 0 Å². The summed E-state index contributed by atoms with van der Waals surface area (Å²) >= 11 is 0. The highest BCUT2D eigenvalue weighted by Gasteiger charge is 2.16. The second-order valence-corrected chi connectivity index (χ2v) is 6.11. The third-order valence-electron chi connectivity index (χ3n) is 4.05. The molecule has 0 unspecified atom stereocenters. The summed E-state index contributed by atoms with van der Waals surface area (Å²) in [6.07, 6.45) is 6.05. The van der Waals surface area contributed by atoms with Crippen molar-refractivity contribution >= 4 is 5.95 Å². The number of anilines is 1. The highest BCUT2D eigenvalue weighted by molar-refractivity contribution is 5.56. The van der Waals surface area contributed by atoms with Crippen molar-refractivity contribution in [2.75, 3.05) is 18.4 Å². The van der Waals surface area contributed by atoms with E-state index in [1.165, 1.54) is 6.42 Å². The van der Waals surface area contributed by atoms with E-state index in [2.05, 4.69) is 44.0 Å². The Morgan fingerprint density at radius 1 is 1.36 bits per heavy atom. The molecule has 0 amide bonds. The maximum absolute atomic E-state index is 4.68. The van der Waals surface area contributed by atoms with Crippen LogP contribution in [0.25, 0.3) is 11.4 Å². The van der Waals surface area contributed by atoms with Gasteiger partial charge in [-0.05, 0) is 46.2 Å². The molecule has 0 bridgehead atoms. The van der Waals surface area contributed by atoms with Gasteiger partial charge < -0.3 is 15.2 Å². The molecule has 6 nitrogen and oxygen atoms in total. The molecule has 3 heterocycles. The van der Waals surface area contributed by atoms with Crippen molar-refractivity contribution < 1.29 is 0 Å². The van der Waals surface area contributed by atoms with Gasteiger partial charge >= 0.3 is 0 Å². The molecule has 3 rings (SSSR count). The first-order valence-electron chi connectivity index (χ1n) is 7.99. The molecule has 22 heavy (non-hydrogen) atoms. The van der Waals surface area contributed by atoms with Gasteiger partial charge in [0.1, 0.15) is 5.82 Å². The van der Waals surface area contributed by atoms with Crippen LogP contribution in [0.4, 0.5) is 5.95 Å². The third-order valence-corrected chi connectivity index (χ3v) is 4.05. The second-order valence-electron chi connectivity index (χ2n) is 6.11. The average molecular weight is 300 g/mol. The van der Waals surface area contributed by atoms with Gasteiger partial charge in [0.15, 0.2) is 0 Å². The van der Waals surface area contributed by atoms with Crippen LogP contribution in [0.1, 0.15) is 38.6 Å². The number of hydrogen-bond donors (Lipinski definition) is 2. The molecule has 6 heteroatoms. The monoisotopic (exact) mass is 300 g/mol. The summed E-state index contributed by atoms with van der Waals surface area (Å²) < 4.78 is 2.20. The molecular formula is C16H24N6. The third kappa shape index (κ3) is 3.11. The number of piperidine rings is 1. The first kappa shape index (κ1) is 15.0. The molecule has 0 spiro atoms. The highest BCUT2D eigenvalue weighted by Crippen LogP contribution is 2.23. The van der Waals surface area contributed by atoms with E-state index in [0.717, 1.165) is 36.7 Å². The summed E-state index contributed by atoms with van der Waals surface area (Å²) in [5.41, 5.74) is 1.95. The molecule has 1 saturated heterocycles. The van der Waals surface area contributed by atoms with Gasteiger partial charge in [-0.15, -0.1) is 0 Å². The van der Waals surface area contributed by atoms with Crippen LogP contribution in [0.5, 0.6) is 0 Å². The number of imidazole rings is 1. The van der Waals surface area contributed by atoms with Crippen molar-refractivity contribution in [3.8, 4) is 11.4 Å². The summed E-state index contributed by atoms with van der Waals surface area (Å²) in [7, 11) is 0. The van der Waals surface area contributed by atoms with E-state index in [1.54, 1.807) is 0 Å². The molecule has 2 aromatic rings. The van der Waals surface area contributed by atoms with Gasteiger partial charge in [0, 0.05) is 24.8 Å². The van der Waals surface area contributed by atoms with Crippen molar-refractivity contribution in [3.05, 3.63) is 24.3 Å². The fourth-order valence-corrected chi connectivity index (χ4v) is 3.02. The lowest BCUT2D eigenvalue weighted by atomic mass is 10.1. The maximum Gasteiger partial charge on any atom is 0.223 e. The minimum absolute atomic E-state index is 0.353. The Bertz CT molecular complexity index is 627. The van der Waals surface area contributed by atoms with Gasteiger partial charge in [-0.1, -0.05) is 0 Å². The molecule has 2 aromatic heterocycles. The Kier molecular flexibility index (Phi) is 4.38. The minimum atomic E-state index is 0.353. The Hall–Kier alpha value is -1.95. The predicted octanol–water partition coefficient (Wildman–Crippen LogP) is 2.39. The van der Waals surface area contributed by atoms with Crippen molar-refractivity contribution in [1.82, 2.24) is 24.8 Å². The summed E-state index contributed by atoms with van der Waals surface area (Å²) in [4.78, 5) is 13.5. The largest absolute Gasteiger partial charge is 0.350 e. The minimum Gasteiger partial charge on any atom is -0.350 e. The van der Waals surface area contributed by atoms with Crippen LogP contribution < -0.4 is 10.6 Å². The lowest BCUT2D eigenvalue weighted by Gasteiger charge is -2.23. The van der Waals surface area contributed by atoms with E-state index in [4.69, 9.17) is 0 Å². The van der Waals surface area contributed by atoms with Crippen LogP contribution in [0.2, 0.25) is 0 Å². The van der Waals surface area contributed by atoms with E-state index < -0.39 is 0 Å². The van der Waals surface area contributed by atoms with Crippen LogP contribution >= 0.6 is 0 Å². The van der Waals surface area contributed by atoms with Crippen LogP contribution in [0, 0.1) is 6.92 Å². The Labute approximate surface area is 131 Å². The van der Waals surface area contributed by atoms with Gasteiger partial charge in [0.2, 0.25) is 5.95 Å². The SMILES string of the molecule is Cc1ncc(-c2ccnc(N[C@@H]3CCCNC3)n2)n1C(C)C. The molecule has 0 radical (unpaired) electrons. The first-order valence-corrected chi connectivity index (χ1v) is 7.99. The maximum atomic E-state index is 4.68. The summed E-state index contributed by atoms with van der Waals surface area (Å²) in [6.45, 7) is 8.42. The number of hydrogen-bond acceptors (Lipinski definition) is 5. The fourth-order valence-electron chi connectivity index (χ4n) is 3.02. The number of rotatable bonds is 4. The number of nitrogens with zero attached hydrogens (tertiary/aromatic N) is 4. The molecule has 1 aliphatic rings. The highest BCUT2D eigenvalue weighted by atomic mass is 15.2. The van der Waals surface area contributed by atoms with Gasteiger partial charge in [0.05, 0.1) is 17.6 Å². The molecular weight excluding hydrogens is 276 g/mol. The molecule has 2 N–H and O–H groups in total. The topological polar surface area (TPSA) is 67.7 Å². The van der Waals surface area contributed by atoms with Crippen molar-refractivity contribution in [1.29, 1.82) is 0 Å². The zero-order valence-electron chi connectivity index (χ0n) is 13.5. The van der Waals surface area contributed by atoms with E-state index in [-0.39, 0.29) is 0 Å². The standard InChI is InChI=1S/C16H24N6/c1-11(2)22-12(3)19-10-15(22)14-6-8-18-16(21-14)20-13-5-4-7-17-9-13/h6,8,10-11,13,17H,4-5,7,9H2,1-3H3,(H,18,20,21)/t13-/m1/s1. The molecule has 118 valence electrons. The van der Waals surface area contributed by atoms with Gasteiger partial charge in [-0.2, -0.15) is 0 Å². The first-order chi connectivity index (χ1) is 10.6. The van der Waals surface area contributed by atoms with Crippen LogP contribution in [-0.4, -0.2) is 38.7 Å². The van der Waals surface area contributed by atoms with E-state index in [1.807, 2.05) is 25.4 Å². The number of aryl methyl sites for hydroxylation is 1. The fraction of sp³-hybridized carbons (Fsp3) is 0.562. The van der Waals surface area contributed by atoms with E-state index >= 15 is 0 Å². The Morgan fingerprint density at radius 2 is 2.23 bits per heavy atom. The van der Waals surface area contributed by atoms with Crippen molar-refractivity contribution in [3.63, 3.8) is 0 Å². The molecule has 1 atom stereocenters. The quantitative estimate of drug-likeness (QED) is 0.907. The lowest BCUT2D eigenvalue weighted by Crippen LogP contribution is -2.38. The molecule has 0 aromatic carbocycles. The average Bonchev–Trinajstić information content (AvgIpc) is 2.90. The Balaban J connectivity index is 1.85. The normalized spacial score (nSPS) is 18.6. The smallest absolute Gasteiger partial charge is 0.223 e. The van der Waals surface area contributed by atoms with Crippen molar-refractivity contribution in [2.45, 2.75) is 45.7 Å². The second kappa shape index (κ2) is 6.44. The zero-order chi connectivity index (χ0) is 15.5.